The number of rotatable bonds is 7. The molecule has 106 valence electrons. The Morgan fingerprint density at radius 3 is 2.42 bits per heavy atom. The maximum absolute atomic E-state index is 9.58. The van der Waals surface area contributed by atoms with Gasteiger partial charge in [0.15, 0.2) is 0 Å². The Kier molecular flexibility index (Phi) is 4.97. The summed E-state index contributed by atoms with van der Waals surface area (Å²) >= 11 is 0. The van der Waals surface area contributed by atoms with Crippen molar-refractivity contribution >= 4 is 0 Å². The normalized spacial score (nSPS) is 18.3. The Morgan fingerprint density at radius 1 is 1.26 bits per heavy atom. The van der Waals surface area contributed by atoms with Crippen LogP contribution in [0.25, 0.3) is 0 Å². The minimum Gasteiger partial charge on any atom is -0.394 e. The molecule has 3 nitrogen and oxygen atoms in total. The zero-order valence-electron chi connectivity index (χ0n) is 12.2. The van der Waals surface area contributed by atoms with Gasteiger partial charge in [-0.05, 0) is 37.4 Å². The van der Waals surface area contributed by atoms with Crippen LogP contribution in [-0.4, -0.2) is 35.2 Å². The lowest BCUT2D eigenvalue weighted by Gasteiger charge is -2.30. The van der Waals surface area contributed by atoms with Crippen LogP contribution in [0, 0.1) is 0 Å². The molecule has 0 spiro atoms. The summed E-state index contributed by atoms with van der Waals surface area (Å²) in [5, 5.41) is 13.0. The van der Waals surface area contributed by atoms with E-state index in [9.17, 15) is 5.11 Å². The van der Waals surface area contributed by atoms with Gasteiger partial charge < -0.3 is 10.4 Å². The van der Waals surface area contributed by atoms with Crippen molar-refractivity contribution in [2.75, 3.05) is 19.7 Å². The predicted octanol–water partition coefficient (Wildman–Crippen LogP) is 2.14. The Hall–Kier alpha value is -0.900. The maximum Gasteiger partial charge on any atom is 0.0611 e. The molecule has 0 radical (unpaired) electrons. The fourth-order valence-electron chi connectivity index (χ4n) is 2.62. The molecule has 0 bridgehead atoms. The number of hydrogen-bond donors (Lipinski definition) is 2. The van der Waals surface area contributed by atoms with E-state index in [1.54, 1.807) is 0 Å². The van der Waals surface area contributed by atoms with E-state index in [0.717, 1.165) is 39.0 Å². The second kappa shape index (κ2) is 6.51. The second-order valence-electron chi connectivity index (χ2n) is 5.87. The molecule has 1 aliphatic heterocycles. The highest BCUT2D eigenvalue weighted by molar-refractivity contribution is 5.30. The molecule has 2 rings (SSSR count). The summed E-state index contributed by atoms with van der Waals surface area (Å²) in [5.74, 6) is 0. The molecular weight excluding hydrogens is 236 g/mol. The molecule has 1 atom stereocenters. The number of benzene rings is 1. The molecule has 1 aliphatic rings. The molecule has 0 aliphatic carbocycles. The van der Waals surface area contributed by atoms with Crippen molar-refractivity contribution in [2.45, 2.75) is 45.3 Å². The summed E-state index contributed by atoms with van der Waals surface area (Å²) in [5.41, 5.74) is 2.76. The number of fused-ring (bicyclic) bond motifs is 1. The fraction of sp³-hybridized carbons (Fsp3) is 0.625. The standard InChI is InChI=1S/C16H26N2O/c1-3-9-17-16(2,13-19)8-10-18-11-14-6-4-5-7-15(14)12-18/h4-7,17,19H,3,8-13H2,1-2H3. The number of hydrogen-bond acceptors (Lipinski definition) is 3. The van der Waals surface area contributed by atoms with E-state index in [0.29, 0.717) is 0 Å². The van der Waals surface area contributed by atoms with Gasteiger partial charge in [-0.2, -0.15) is 0 Å². The first-order chi connectivity index (χ1) is 9.17. The summed E-state index contributed by atoms with van der Waals surface area (Å²) in [6, 6.07) is 8.66. The van der Waals surface area contributed by atoms with E-state index in [4.69, 9.17) is 0 Å². The second-order valence-corrected chi connectivity index (χ2v) is 5.87. The SMILES string of the molecule is CCCNC(C)(CO)CCN1Cc2ccccc2C1. The van der Waals surface area contributed by atoms with Crippen molar-refractivity contribution in [3.63, 3.8) is 0 Å². The molecule has 0 fully saturated rings. The minimum atomic E-state index is -0.148. The van der Waals surface area contributed by atoms with Gasteiger partial charge in [0, 0.05) is 25.2 Å². The Bertz CT molecular complexity index is 382. The van der Waals surface area contributed by atoms with Crippen LogP contribution in [0.3, 0.4) is 0 Å². The molecular formula is C16H26N2O. The van der Waals surface area contributed by atoms with Crippen LogP contribution >= 0.6 is 0 Å². The topological polar surface area (TPSA) is 35.5 Å². The maximum atomic E-state index is 9.58. The van der Waals surface area contributed by atoms with Crippen molar-refractivity contribution in [3.05, 3.63) is 35.4 Å². The van der Waals surface area contributed by atoms with Gasteiger partial charge in [-0.15, -0.1) is 0 Å². The number of nitrogens with one attached hydrogen (secondary N) is 1. The van der Waals surface area contributed by atoms with E-state index >= 15 is 0 Å². The van der Waals surface area contributed by atoms with Gasteiger partial charge in [-0.1, -0.05) is 31.2 Å². The van der Waals surface area contributed by atoms with E-state index in [1.165, 1.54) is 11.1 Å². The first-order valence-electron chi connectivity index (χ1n) is 7.32. The lowest BCUT2D eigenvalue weighted by atomic mass is 9.98. The van der Waals surface area contributed by atoms with Gasteiger partial charge in [0.2, 0.25) is 0 Å². The first kappa shape index (κ1) is 14.5. The van der Waals surface area contributed by atoms with Crippen molar-refractivity contribution in [1.29, 1.82) is 0 Å². The lowest BCUT2D eigenvalue weighted by molar-refractivity contribution is 0.145. The Balaban J connectivity index is 1.83. The molecule has 0 amide bonds. The Labute approximate surface area is 116 Å². The third-order valence-corrected chi connectivity index (χ3v) is 4.04. The Morgan fingerprint density at radius 2 is 1.89 bits per heavy atom. The molecule has 2 N–H and O–H groups in total. The fourth-order valence-corrected chi connectivity index (χ4v) is 2.62. The van der Waals surface area contributed by atoms with Crippen LogP contribution in [0.5, 0.6) is 0 Å². The van der Waals surface area contributed by atoms with Crippen LogP contribution in [0.15, 0.2) is 24.3 Å². The highest BCUT2D eigenvalue weighted by atomic mass is 16.3. The van der Waals surface area contributed by atoms with Crippen LogP contribution in [-0.2, 0) is 13.1 Å². The van der Waals surface area contributed by atoms with E-state index < -0.39 is 0 Å². The molecule has 1 unspecified atom stereocenters. The first-order valence-corrected chi connectivity index (χ1v) is 7.32. The number of aliphatic hydroxyl groups excluding tert-OH is 1. The van der Waals surface area contributed by atoms with Crippen LogP contribution < -0.4 is 5.32 Å². The minimum absolute atomic E-state index is 0.148. The summed E-state index contributed by atoms with van der Waals surface area (Å²) in [6.07, 6.45) is 2.09. The molecule has 0 aromatic heterocycles. The quantitative estimate of drug-likeness (QED) is 0.790. The smallest absolute Gasteiger partial charge is 0.0611 e. The van der Waals surface area contributed by atoms with Crippen LogP contribution in [0.1, 0.15) is 37.8 Å². The molecule has 0 saturated carbocycles. The van der Waals surface area contributed by atoms with Crippen molar-refractivity contribution in [1.82, 2.24) is 10.2 Å². The molecule has 1 aromatic rings. The van der Waals surface area contributed by atoms with Crippen molar-refractivity contribution in [3.8, 4) is 0 Å². The van der Waals surface area contributed by atoms with Crippen LogP contribution in [0.4, 0.5) is 0 Å². The van der Waals surface area contributed by atoms with Gasteiger partial charge in [0.1, 0.15) is 0 Å². The predicted molar refractivity (Wildman–Crippen MR) is 79.0 cm³/mol. The zero-order chi connectivity index (χ0) is 13.7. The third-order valence-electron chi connectivity index (χ3n) is 4.04. The average Bonchev–Trinajstić information content (AvgIpc) is 2.86. The summed E-state index contributed by atoms with van der Waals surface area (Å²) in [4.78, 5) is 2.46. The van der Waals surface area contributed by atoms with Gasteiger partial charge in [-0.3, -0.25) is 4.90 Å². The highest BCUT2D eigenvalue weighted by Crippen LogP contribution is 2.23. The summed E-state index contributed by atoms with van der Waals surface area (Å²) in [6.45, 7) is 8.57. The average molecular weight is 262 g/mol. The number of nitrogens with zero attached hydrogens (tertiary/aromatic N) is 1. The van der Waals surface area contributed by atoms with E-state index in [2.05, 4.69) is 48.3 Å². The molecule has 19 heavy (non-hydrogen) atoms. The van der Waals surface area contributed by atoms with E-state index in [1.807, 2.05) is 0 Å². The summed E-state index contributed by atoms with van der Waals surface area (Å²) < 4.78 is 0. The monoisotopic (exact) mass is 262 g/mol. The van der Waals surface area contributed by atoms with Crippen molar-refractivity contribution in [2.24, 2.45) is 0 Å². The van der Waals surface area contributed by atoms with Gasteiger partial charge in [0.05, 0.1) is 6.61 Å². The summed E-state index contributed by atoms with van der Waals surface area (Å²) in [7, 11) is 0. The zero-order valence-corrected chi connectivity index (χ0v) is 12.2. The van der Waals surface area contributed by atoms with Crippen LogP contribution in [0.2, 0.25) is 0 Å². The van der Waals surface area contributed by atoms with Gasteiger partial charge in [0.25, 0.3) is 0 Å². The molecule has 0 saturated heterocycles. The third kappa shape index (κ3) is 3.78. The molecule has 3 heteroatoms. The highest BCUT2D eigenvalue weighted by Gasteiger charge is 2.25. The van der Waals surface area contributed by atoms with Crippen molar-refractivity contribution < 1.29 is 5.11 Å². The molecule has 1 aromatic carbocycles. The molecule has 1 heterocycles. The lowest BCUT2D eigenvalue weighted by Crippen LogP contribution is -2.48. The van der Waals surface area contributed by atoms with E-state index in [-0.39, 0.29) is 12.1 Å². The van der Waals surface area contributed by atoms with Gasteiger partial charge >= 0.3 is 0 Å². The largest absolute Gasteiger partial charge is 0.394 e. The van der Waals surface area contributed by atoms with Gasteiger partial charge in [-0.25, -0.2) is 0 Å². The number of aliphatic hydroxyl groups is 1.